The molecule has 5 rings (SSSR count). The molecule has 0 bridgehead atoms. The topological polar surface area (TPSA) is 134 Å². The summed E-state index contributed by atoms with van der Waals surface area (Å²) in [6, 6.07) is 10.6. The highest BCUT2D eigenvalue weighted by atomic mass is 32.2. The number of ether oxygens (including phenoxy) is 1. The van der Waals surface area contributed by atoms with Gasteiger partial charge in [0.2, 0.25) is 9.84 Å². The van der Waals surface area contributed by atoms with Crippen molar-refractivity contribution < 1.29 is 22.7 Å². The molecule has 1 aromatic carbocycles. The van der Waals surface area contributed by atoms with Crippen molar-refractivity contribution in [1.82, 2.24) is 20.3 Å². The molecule has 0 aliphatic carbocycles. The van der Waals surface area contributed by atoms with Gasteiger partial charge in [0.05, 0.1) is 11.1 Å². The number of rotatable bonds is 4. The average molecular weight is 439 g/mol. The molecule has 158 valence electrons. The zero-order valence-corrected chi connectivity index (χ0v) is 16.9. The fourth-order valence-corrected chi connectivity index (χ4v) is 4.89. The minimum absolute atomic E-state index is 0.226. The summed E-state index contributed by atoms with van der Waals surface area (Å²) < 4.78 is 30.6. The molecule has 31 heavy (non-hydrogen) atoms. The molecule has 1 atom stereocenters. The normalized spacial score (nSPS) is 21.0. The highest BCUT2D eigenvalue weighted by Gasteiger charge is 2.48. The van der Waals surface area contributed by atoms with Gasteiger partial charge in [0, 0.05) is 25.4 Å². The van der Waals surface area contributed by atoms with Crippen LogP contribution in [0, 0.1) is 0 Å². The zero-order valence-electron chi connectivity index (χ0n) is 16.1. The molecule has 4 heterocycles. The van der Waals surface area contributed by atoms with Gasteiger partial charge in [-0.15, -0.1) is 0 Å². The number of sulfone groups is 1. The van der Waals surface area contributed by atoms with Gasteiger partial charge < -0.3 is 19.9 Å². The quantitative estimate of drug-likeness (QED) is 0.356. The fourth-order valence-electron chi connectivity index (χ4n) is 3.68. The average Bonchev–Trinajstić information content (AvgIpc) is 3.32. The summed E-state index contributed by atoms with van der Waals surface area (Å²) in [5.74, 6) is -0.494. The Labute approximate surface area is 176 Å². The second-order valence-electron chi connectivity index (χ2n) is 7.35. The molecule has 1 saturated heterocycles. The molecule has 1 spiro atoms. The van der Waals surface area contributed by atoms with Crippen molar-refractivity contribution in [1.29, 1.82) is 0 Å². The molecule has 0 saturated carbocycles. The van der Waals surface area contributed by atoms with E-state index in [2.05, 4.69) is 25.0 Å². The highest BCUT2D eigenvalue weighted by molar-refractivity contribution is 7.90. The largest absolute Gasteiger partial charge is 0.416 e. The third-order valence-electron chi connectivity index (χ3n) is 5.29. The molecule has 1 fully saturated rings. The number of alkyl carbamates (subject to hydrolysis) is 1. The van der Waals surface area contributed by atoms with Gasteiger partial charge in [-0.05, 0) is 17.7 Å². The SMILES string of the molecule is O=C1NC2(C=CN(c3nc(S(=O)(=O)Cc4ccccc4)nc4[nH]ccc34)CC2)C(=O)O1. The van der Waals surface area contributed by atoms with Crippen LogP contribution in [0.5, 0.6) is 0 Å². The minimum atomic E-state index is -3.81. The number of fused-ring (bicyclic) bond motifs is 1. The first kappa shape index (κ1) is 19.2. The van der Waals surface area contributed by atoms with Gasteiger partial charge in [0.15, 0.2) is 5.54 Å². The lowest BCUT2D eigenvalue weighted by Gasteiger charge is -2.31. The number of amides is 1. The van der Waals surface area contributed by atoms with E-state index in [0.29, 0.717) is 29.0 Å². The summed E-state index contributed by atoms with van der Waals surface area (Å²) in [6.45, 7) is 0.307. The van der Waals surface area contributed by atoms with Crippen LogP contribution in [-0.2, 0) is 25.1 Å². The Morgan fingerprint density at radius 3 is 2.61 bits per heavy atom. The van der Waals surface area contributed by atoms with E-state index in [1.807, 2.05) is 6.07 Å². The van der Waals surface area contributed by atoms with E-state index >= 15 is 0 Å². The summed E-state index contributed by atoms with van der Waals surface area (Å²) in [4.78, 5) is 36.7. The van der Waals surface area contributed by atoms with Gasteiger partial charge in [-0.25, -0.2) is 18.0 Å². The molecule has 2 aliphatic rings. The number of cyclic esters (lactones) is 2. The van der Waals surface area contributed by atoms with Crippen LogP contribution in [0.15, 0.2) is 60.0 Å². The summed E-state index contributed by atoms with van der Waals surface area (Å²) in [5, 5.41) is 2.88. The maximum Gasteiger partial charge on any atom is 0.416 e. The lowest BCUT2D eigenvalue weighted by Crippen LogP contribution is -2.49. The van der Waals surface area contributed by atoms with Crippen LogP contribution < -0.4 is 10.2 Å². The molecule has 2 aliphatic heterocycles. The van der Waals surface area contributed by atoms with Crippen LogP contribution in [0.2, 0.25) is 0 Å². The minimum Gasteiger partial charge on any atom is -0.374 e. The summed E-state index contributed by atoms with van der Waals surface area (Å²) in [6.07, 6.45) is 4.24. The lowest BCUT2D eigenvalue weighted by molar-refractivity contribution is -0.137. The Kier molecular flexibility index (Phi) is 4.29. The van der Waals surface area contributed by atoms with E-state index in [9.17, 15) is 18.0 Å². The first-order valence-electron chi connectivity index (χ1n) is 9.49. The Morgan fingerprint density at radius 2 is 1.94 bits per heavy atom. The number of hydrogen-bond donors (Lipinski definition) is 2. The number of H-pyrrole nitrogens is 1. The number of esters is 1. The molecular weight excluding hydrogens is 422 g/mol. The van der Waals surface area contributed by atoms with Gasteiger partial charge in [-0.1, -0.05) is 30.3 Å². The van der Waals surface area contributed by atoms with Crippen LogP contribution in [-0.4, -0.2) is 47.5 Å². The van der Waals surface area contributed by atoms with Crippen LogP contribution in [0.1, 0.15) is 12.0 Å². The number of benzene rings is 1. The number of hydrogen-bond acceptors (Lipinski definition) is 8. The molecule has 2 N–H and O–H groups in total. The van der Waals surface area contributed by atoms with Gasteiger partial charge in [-0.3, -0.25) is 0 Å². The van der Waals surface area contributed by atoms with E-state index in [4.69, 9.17) is 0 Å². The van der Waals surface area contributed by atoms with E-state index in [-0.39, 0.29) is 17.3 Å². The summed E-state index contributed by atoms with van der Waals surface area (Å²) in [5.41, 5.74) is -0.187. The van der Waals surface area contributed by atoms with Crippen molar-refractivity contribution >= 4 is 38.8 Å². The maximum atomic E-state index is 13.0. The number of aromatic amines is 1. The van der Waals surface area contributed by atoms with Crippen LogP contribution in [0.25, 0.3) is 11.0 Å². The molecule has 1 amide bonds. The van der Waals surface area contributed by atoms with Crippen LogP contribution in [0.4, 0.5) is 10.6 Å². The van der Waals surface area contributed by atoms with E-state index in [1.54, 1.807) is 47.6 Å². The van der Waals surface area contributed by atoms with Gasteiger partial charge >= 0.3 is 12.1 Å². The third kappa shape index (κ3) is 3.32. The van der Waals surface area contributed by atoms with Crippen LogP contribution in [0.3, 0.4) is 0 Å². The number of carbonyl (C=O) groups excluding carboxylic acids is 2. The Morgan fingerprint density at radius 1 is 1.13 bits per heavy atom. The molecule has 2 aromatic heterocycles. The predicted octanol–water partition coefficient (Wildman–Crippen LogP) is 1.66. The Hall–Kier alpha value is -3.73. The fraction of sp³-hybridized carbons (Fsp3) is 0.200. The number of nitrogens with zero attached hydrogens (tertiary/aromatic N) is 3. The third-order valence-corrected chi connectivity index (χ3v) is 6.74. The van der Waals surface area contributed by atoms with Gasteiger partial charge in [-0.2, -0.15) is 9.97 Å². The molecule has 11 heteroatoms. The predicted molar refractivity (Wildman–Crippen MR) is 110 cm³/mol. The first-order chi connectivity index (χ1) is 14.9. The number of nitrogens with one attached hydrogen (secondary N) is 2. The van der Waals surface area contributed by atoms with Crippen molar-refractivity contribution in [3.8, 4) is 0 Å². The van der Waals surface area contributed by atoms with Crippen molar-refractivity contribution in [2.75, 3.05) is 11.4 Å². The maximum absolute atomic E-state index is 13.0. The summed E-state index contributed by atoms with van der Waals surface area (Å²) >= 11 is 0. The van der Waals surface area contributed by atoms with Gasteiger partial charge in [0.25, 0.3) is 5.16 Å². The monoisotopic (exact) mass is 439 g/mol. The Balaban J connectivity index is 1.52. The second-order valence-corrected chi connectivity index (χ2v) is 9.23. The summed E-state index contributed by atoms with van der Waals surface area (Å²) in [7, 11) is -3.81. The van der Waals surface area contributed by atoms with Gasteiger partial charge in [0.1, 0.15) is 11.5 Å². The number of aromatic nitrogens is 3. The van der Waals surface area contributed by atoms with Crippen molar-refractivity contribution in [2.45, 2.75) is 22.9 Å². The molecule has 0 radical (unpaired) electrons. The molecule has 10 nitrogen and oxygen atoms in total. The zero-order chi connectivity index (χ0) is 21.6. The van der Waals surface area contributed by atoms with E-state index < -0.39 is 27.4 Å². The highest BCUT2D eigenvalue weighted by Crippen LogP contribution is 2.31. The number of carbonyl (C=O) groups is 2. The molecule has 1 unspecified atom stereocenters. The van der Waals surface area contributed by atoms with E-state index in [0.717, 1.165) is 0 Å². The van der Waals surface area contributed by atoms with Crippen molar-refractivity contribution in [2.24, 2.45) is 0 Å². The number of anilines is 1. The smallest absolute Gasteiger partial charge is 0.374 e. The van der Waals surface area contributed by atoms with Crippen molar-refractivity contribution in [3.63, 3.8) is 0 Å². The van der Waals surface area contributed by atoms with E-state index in [1.165, 1.54) is 6.08 Å². The second kappa shape index (κ2) is 6.91. The lowest BCUT2D eigenvalue weighted by atomic mass is 9.93. The van der Waals surface area contributed by atoms with Crippen molar-refractivity contribution in [3.05, 3.63) is 60.4 Å². The Bertz CT molecular complexity index is 1330. The molecular formula is C20H17N5O5S. The standard InChI is InChI=1S/C20H17N5O5S/c26-17-20(24-19(27)30-17)7-10-25(11-8-20)16-14-6-9-21-15(14)22-18(23-16)31(28,29)12-13-4-2-1-3-5-13/h1-7,9-10H,8,11-12H2,(H,24,27)(H,21,22,23). The molecule has 3 aromatic rings. The van der Waals surface area contributed by atoms with Crippen LogP contribution >= 0.6 is 0 Å². The first-order valence-corrected chi connectivity index (χ1v) is 11.1.